The lowest BCUT2D eigenvalue weighted by atomic mass is 9.92. The summed E-state index contributed by atoms with van der Waals surface area (Å²) in [6.45, 7) is 1.45. The quantitative estimate of drug-likeness (QED) is 0.666. The van der Waals surface area contributed by atoms with Crippen molar-refractivity contribution in [3.63, 3.8) is 0 Å². The molecule has 0 aliphatic heterocycles. The highest BCUT2D eigenvalue weighted by Crippen LogP contribution is 2.30. The molecule has 0 amide bonds. The van der Waals surface area contributed by atoms with Crippen LogP contribution in [-0.2, 0) is 4.79 Å². The van der Waals surface area contributed by atoms with Crippen LogP contribution in [0.1, 0.15) is 26.3 Å². The number of carboxylic acid groups (broad SMARTS) is 2. The number of nitrogens with zero attached hydrogens (tertiary/aromatic N) is 1. The largest absolute Gasteiger partial charge is 0.478 e. The summed E-state index contributed by atoms with van der Waals surface area (Å²) in [5.74, 6) is -2.41. The molecule has 0 aliphatic carbocycles. The molecule has 0 aliphatic rings. The lowest BCUT2D eigenvalue weighted by Crippen LogP contribution is -2.09. The van der Waals surface area contributed by atoms with E-state index in [1.807, 2.05) is 0 Å². The number of hydrogen-bond acceptors (Lipinski definition) is 4. The summed E-state index contributed by atoms with van der Waals surface area (Å²) in [5.41, 5.74) is 1.23. The number of rotatable bonds is 4. The Morgan fingerprint density at radius 1 is 1.09 bits per heavy atom. The molecule has 110 valence electrons. The van der Waals surface area contributed by atoms with Crippen molar-refractivity contribution in [2.45, 2.75) is 6.92 Å². The summed E-state index contributed by atoms with van der Waals surface area (Å²) < 4.78 is 0. The van der Waals surface area contributed by atoms with Crippen LogP contribution in [0.5, 0.6) is 0 Å². The van der Waals surface area contributed by atoms with Gasteiger partial charge in [0, 0.05) is 0 Å². The van der Waals surface area contributed by atoms with E-state index in [0.717, 1.165) is 0 Å². The Balaban J connectivity index is 2.73. The second-order valence-electron chi connectivity index (χ2n) is 4.52. The van der Waals surface area contributed by atoms with Crippen molar-refractivity contribution < 1.29 is 24.6 Å². The van der Waals surface area contributed by atoms with Crippen molar-refractivity contribution in [2.24, 2.45) is 4.99 Å². The molecule has 0 atom stereocenters. The second kappa shape index (κ2) is 6.03. The van der Waals surface area contributed by atoms with Gasteiger partial charge in [0.2, 0.25) is 6.08 Å². The maximum atomic E-state index is 11.5. The molecule has 0 saturated carbocycles. The molecular weight excluding hydrogens is 286 g/mol. The first-order valence-electron chi connectivity index (χ1n) is 6.24. The maximum absolute atomic E-state index is 11.5. The minimum Gasteiger partial charge on any atom is -0.478 e. The Hall–Kier alpha value is -3.24. The van der Waals surface area contributed by atoms with Gasteiger partial charge in [0.15, 0.2) is 0 Å². The minimum absolute atomic E-state index is 0.0665. The zero-order valence-corrected chi connectivity index (χ0v) is 11.5. The van der Waals surface area contributed by atoms with Crippen LogP contribution in [0.3, 0.4) is 0 Å². The van der Waals surface area contributed by atoms with E-state index in [1.165, 1.54) is 31.2 Å². The third-order valence-corrected chi connectivity index (χ3v) is 3.24. The number of hydrogen-bond donors (Lipinski definition) is 2. The van der Waals surface area contributed by atoms with Crippen molar-refractivity contribution in [3.8, 4) is 11.1 Å². The van der Waals surface area contributed by atoms with Crippen molar-refractivity contribution in [3.05, 3.63) is 53.1 Å². The molecule has 6 nitrogen and oxygen atoms in total. The zero-order valence-electron chi connectivity index (χ0n) is 11.5. The van der Waals surface area contributed by atoms with Gasteiger partial charge in [-0.3, -0.25) is 0 Å². The van der Waals surface area contributed by atoms with Crippen LogP contribution in [0.25, 0.3) is 11.1 Å². The molecule has 22 heavy (non-hydrogen) atoms. The normalized spacial score (nSPS) is 9.86. The van der Waals surface area contributed by atoms with E-state index in [-0.39, 0.29) is 16.7 Å². The van der Waals surface area contributed by atoms with E-state index in [4.69, 9.17) is 5.11 Å². The van der Waals surface area contributed by atoms with Crippen LogP contribution in [0, 0.1) is 6.92 Å². The fourth-order valence-electron chi connectivity index (χ4n) is 2.26. The van der Waals surface area contributed by atoms with Crippen molar-refractivity contribution >= 4 is 23.7 Å². The van der Waals surface area contributed by atoms with Gasteiger partial charge < -0.3 is 10.2 Å². The van der Waals surface area contributed by atoms with Gasteiger partial charge in [-0.2, -0.15) is 4.99 Å². The number of isocyanates is 1. The van der Waals surface area contributed by atoms with E-state index in [2.05, 4.69) is 4.99 Å². The van der Waals surface area contributed by atoms with Gasteiger partial charge in [-0.25, -0.2) is 14.4 Å². The number of carbonyl (C=O) groups is 2. The van der Waals surface area contributed by atoms with Crippen LogP contribution in [0.4, 0.5) is 5.69 Å². The number of benzene rings is 2. The van der Waals surface area contributed by atoms with Crippen molar-refractivity contribution in [1.29, 1.82) is 0 Å². The molecule has 2 aromatic rings. The highest BCUT2D eigenvalue weighted by molar-refractivity contribution is 6.02. The monoisotopic (exact) mass is 297 g/mol. The number of carboxylic acids is 2. The molecule has 2 N–H and O–H groups in total. The van der Waals surface area contributed by atoms with Crippen molar-refractivity contribution in [2.75, 3.05) is 0 Å². The molecule has 0 fully saturated rings. The van der Waals surface area contributed by atoms with Crippen molar-refractivity contribution in [1.82, 2.24) is 0 Å². The van der Waals surface area contributed by atoms with Crippen LogP contribution in [0.15, 0.2) is 41.4 Å². The lowest BCUT2D eigenvalue weighted by molar-refractivity contribution is 0.0696. The average Bonchev–Trinajstić information content (AvgIpc) is 2.46. The van der Waals surface area contributed by atoms with Crippen LogP contribution < -0.4 is 0 Å². The average molecular weight is 297 g/mol. The Labute approximate surface area is 125 Å². The smallest absolute Gasteiger partial charge is 0.336 e. The Bertz CT molecular complexity index is 819. The van der Waals surface area contributed by atoms with Gasteiger partial charge in [-0.1, -0.05) is 18.2 Å². The molecule has 0 aromatic heterocycles. The summed E-state index contributed by atoms with van der Waals surface area (Å²) in [6, 6.07) is 9.18. The molecule has 0 saturated heterocycles. The Morgan fingerprint density at radius 2 is 1.82 bits per heavy atom. The third-order valence-electron chi connectivity index (χ3n) is 3.24. The summed E-state index contributed by atoms with van der Waals surface area (Å²) in [5, 5.41) is 18.5. The number of aliphatic imine (C=N–C) groups is 1. The zero-order chi connectivity index (χ0) is 16.3. The summed E-state index contributed by atoms with van der Waals surface area (Å²) in [7, 11) is 0. The summed E-state index contributed by atoms with van der Waals surface area (Å²) in [6.07, 6.45) is 1.42. The van der Waals surface area contributed by atoms with E-state index < -0.39 is 11.9 Å². The molecule has 0 unspecified atom stereocenters. The highest BCUT2D eigenvalue weighted by atomic mass is 16.4. The molecule has 0 bridgehead atoms. The highest BCUT2D eigenvalue weighted by Gasteiger charge is 2.20. The second-order valence-corrected chi connectivity index (χ2v) is 4.52. The predicted octanol–water partition coefficient (Wildman–Crippen LogP) is 3.03. The lowest BCUT2D eigenvalue weighted by Gasteiger charge is -2.12. The molecule has 0 radical (unpaired) electrons. The Morgan fingerprint density at radius 3 is 2.41 bits per heavy atom. The standard InChI is InChI=1S/C16H11NO5/c1-9-12(15(19)20)5-6-13(14(9)16(21)22)10-3-2-4-11(7-10)17-8-18/h2-7H,1H3,(H,19,20)(H,21,22). The predicted molar refractivity (Wildman–Crippen MR) is 78.3 cm³/mol. The van der Waals surface area contributed by atoms with Gasteiger partial charge in [0.1, 0.15) is 0 Å². The van der Waals surface area contributed by atoms with Crippen LogP contribution in [-0.4, -0.2) is 28.2 Å². The topological polar surface area (TPSA) is 104 Å². The fraction of sp³-hybridized carbons (Fsp3) is 0.0625. The SMILES string of the molecule is Cc1c(C(=O)O)ccc(-c2cccc(N=C=O)c2)c1C(=O)O. The molecule has 0 spiro atoms. The maximum Gasteiger partial charge on any atom is 0.336 e. The minimum atomic E-state index is -1.22. The molecule has 0 heterocycles. The first kappa shape index (κ1) is 15.2. The van der Waals surface area contributed by atoms with Crippen LogP contribution in [0.2, 0.25) is 0 Å². The fourth-order valence-corrected chi connectivity index (χ4v) is 2.26. The molecular formula is C16H11NO5. The Kier molecular flexibility index (Phi) is 4.15. The van der Waals surface area contributed by atoms with Gasteiger partial charge >= 0.3 is 11.9 Å². The van der Waals surface area contributed by atoms with Crippen LogP contribution >= 0.6 is 0 Å². The first-order chi connectivity index (χ1) is 10.5. The van der Waals surface area contributed by atoms with E-state index in [1.54, 1.807) is 18.2 Å². The first-order valence-corrected chi connectivity index (χ1v) is 6.24. The summed E-state index contributed by atoms with van der Waals surface area (Å²) >= 11 is 0. The number of carbonyl (C=O) groups excluding carboxylic acids is 1. The van der Waals surface area contributed by atoms with E-state index >= 15 is 0 Å². The third kappa shape index (κ3) is 2.77. The molecule has 2 aromatic carbocycles. The van der Waals surface area contributed by atoms with Gasteiger partial charge in [-0.05, 0) is 41.8 Å². The van der Waals surface area contributed by atoms with Gasteiger partial charge in [0.25, 0.3) is 0 Å². The summed E-state index contributed by atoms with van der Waals surface area (Å²) in [4.78, 5) is 36.5. The van der Waals surface area contributed by atoms with E-state index in [0.29, 0.717) is 16.8 Å². The van der Waals surface area contributed by atoms with Gasteiger partial charge in [0.05, 0.1) is 16.8 Å². The van der Waals surface area contributed by atoms with E-state index in [9.17, 15) is 19.5 Å². The molecule has 2 rings (SSSR count). The number of aromatic carboxylic acids is 2. The molecule has 6 heteroatoms. The van der Waals surface area contributed by atoms with Gasteiger partial charge in [-0.15, -0.1) is 0 Å².